The number of benzene rings is 1. The molecule has 0 atom stereocenters. The van der Waals surface area contributed by atoms with Gasteiger partial charge in [0.15, 0.2) is 0 Å². The van der Waals surface area contributed by atoms with Gasteiger partial charge in [0, 0.05) is 30.4 Å². The van der Waals surface area contributed by atoms with Crippen LogP contribution in [0.25, 0.3) is 5.57 Å². The van der Waals surface area contributed by atoms with Crippen molar-refractivity contribution in [1.29, 1.82) is 0 Å². The van der Waals surface area contributed by atoms with E-state index in [2.05, 4.69) is 4.98 Å². The summed E-state index contributed by atoms with van der Waals surface area (Å²) in [4.78, 5) is 34.5. The predicted molar refractivity (Wildman–Crippen MR) is 115 cm³/mol. The van der Waals surface area contributed by atoms with Crippen molar-refractivity contribution < 1.29 is 14.0 Å². The van der Waals surface area contributed by atoms with Crippen molar-refractivity contribution in [3.8, 4) is 0 Å². The first-order valence-electron chi connectivity index (χ1n) is 9.66. The summed E-state index contributed by atoms with van der Waals surface area (Å²) in [7, 11) is 0. The Balaban J connectivity index is 1.72. The molecule has 1 aliphatic heterocycles. The number of amides is 2. The molecule has 7 heteroatoms. The van der Waals surface area contributed by atoms with Crippen LogP contribution in [0.4, 0.5) is 10.1 Å². The fraction of sp³-hybridized carbons (Fsp3) is 0.174. The highest BCUT2D eigenvalue weighted by Crippen LogP contribution is 2.36. The maximum absolute atomic E-state index is 13.8. The summed E-state index contributed by atoms with van der Waals surface area (Å²) in [5.74, 6) is -1.35. The maximum Gasteiger partial charge on any atom is 0.282 e. The summed E-state index contributed by atoms with van der Waals surface area (Å²) < 4.78 is 13.8. The molecular weight excluding hydrogens is 401 g/mol. The topological polar surface area (TPSA) is 53.5 Å². The third-order valence-electron chi connectivity index (χ3n) is 5.01. The van der Waals surface area contributed by atoms with Gasteiger partial charge in [-0.1, -0.05) is 12.1 Å². The first-order chi connectivity index (χ1) is 14.6. The molecule has 5 nitrogen and oxygen atoms in total. The van der Waals surface area contributed by atoms with E-state index in [1.165, 1.54) is 29.5 Å². The molecule has 0 saturated heterocycles. The molecule has 0 spiro atoms. The number of imide groups is 1. The van der Waals surface area contributed by atoms with Crippen LogP contribution >= 0.6 is 11.3 Å². The second-order valence-electron chi connectivity index (χ2n) is 6.81. The van der Waals surface area contributed by atoms with Gasteiger partial charge in [-0.05, 0) is 60.7 Å². The molecule has 0 saturated carbocycles. The smallest absolute Gasteiger partial charge is 0.282 e. The third kappa shape index (κ3) is 3.76. The van der Waals surface area contributed by atoms with E-state index >= 15 is 0 Å². The van der Waals surface area contributed by atoms with Crippen LogP contribution in [-0.2, 0) is 16.0 Å². The minimum Gasteiger partial charge on any atom is -0.366 e. The van der Waals surface area contributed by atoms with Crippen LogP contribution < -0.4 is 4.90 Å². The highest BCUT2D eigenvalue weighted by atomic mass is 32.1. The lowest BCUT2D eigenvalue weighted by atomic mass is 10.1. The zero-order chi connectivity index (χ0) is 21.1. The molecule has 3 aromatic rings. The van der Waals surface area contributed by atoms with Crippen LogP contribution in [0.3, 0.4) is 0 Å². The van der Waals surface area contributed by atoms with E-state index < -0.39 is 17.6 Å². The molecule has 0 aliphatic carbocycles. The molecule has 0 bridgehead atoms. The minimum atomic E-state index is -0.496. The van der Waals surface area contributed by atoms with Gasteiger partial charge < -0.3 is 4.90 Å². The van der Waals surface area contributed by atoms with Gasteiger partial charge in [-0.2, -0.15) is 0 Å². The SMILES string of the molecule is CCN(CCc1ccncc1)C1=C(c2cccs2)C(=O)N(c2cccc(F)c2)C1=O. The van der Waals surface area contributed by atoms with Crippen molar-refractivity contribution >= 4 is 34.4 Å². The van der Waals surface area contributed by atoms with E-state index in [1.807, 2.05) is 41.5 Å². The molecule has 4 rings (SSSR count). The standard InChI is InChI=1S/C23H20FN3O2S/c1-2-26(13-10-16-8-11-25-12-9-16)21-20(19-7-4-14-30-19)22(28)27(23(21)29)18-6-3-5-17(24)15-18/h3-9,11-12,14-15H,2,10,13H2,1H3. The van der Waals surface area contributed by atoms with Crippen LogP contribution in [0.15, 0.2) is 72.0 Å². The third-order valence-corrected chi connectivity index (χ3v) is 5.90. The lowest BCUT2D eigenvalue weighted by Crippen LogP contribution is -2.36. The van der Waals surface area contributed by atoms with Gasteiger partial charge in [0.2, 0.25) is 0 Å². The lowest BCUT2D eigenvalue weighted by molar-refractivity contribution is -0.120. The van der Waals surface area contributed by atoms with E-state index in [1.54, 1.807) is 18.5 Å². The number of thiophene rings is 1. The molecule has 152 valence electrons. The van der Waals surface area contributed by atoms with E-state index in [0.717, 1.165) is 15.3 Å². The Kier molecular flexibility index (Phi) is 5.72. The highest BCUT2D eigenvalue weighted by Gasteiger charge is 2.42. The molecule has 0 N–H and O–H groups in total. The van der Waals surface area contributed by atoms with Crippen molar-refractivity contribution in [2.75, 3.05) is 18.0 Å². The molecule has 1 aromatic carbocycles. The predicted octanol–water partition coefficient (Wildman–Crippen LogP) is 4.13. The van der Waals surface area contributed by atoms with Crippen LogP contribution in [0, 0.1) is 5.82 Å². The molecule has 0 radical (unpaired) electrons. The van der Waals surface area contributed by atoms with Gasteiger partial charge in [-0.3, -0.25) is 14.6 Å². The number of rotatable bonds is 7. The maximum atomic E-state index is 13.8. The highest BCUT2D eigenvalue weighted by molar-refractivity contribution is 7.11. The van der Waals surface area contributed by atoms with E-state index in [-0.39, 0.29) is 5.69 Å². The van der Waals surface area contributed by atoms with Crippen LogP contribution in [-0.4, -0.2) is 34.8 Å². The molecule has 2 aromatic heterocycles. The number of pyridine rings is 1. The van der Waals surface area contributed by atoms with Crippen LogP contribution in [0.1, 0.15) is 17.4 Å². The number of hydrogen-bond donors (Lipinski definition) is 0. The molecule has 0 unspecified atom stereocenters. The van der Waals surface area contributed by atoms with Gasteiger partial charge in [0.05, 0.1) is 11.3 Å². The quantitative estimate of drug-likeness (QED) is 0.539. The summed E-state index contributed by atoms with van der Waals surface area (Å²) in [5, 5.41) is 1.87. The average molecular weight is 421 g/mol. The number of aromatic nitrogens is 1. The van der Waals surface area contributed by atoms with E-state index in [9.17, 15) is 14.0 Å². The first-order valence-corrected chi connectivity index (χ1v) is 10.5. The van der Waals surface area contributed by atoms with Gasteiger partial charge in [-0.25, -0.2) is 9.29 Å². The Morgan fingerprint density at radius 1 is 1.07 bits per heavy atom. The Labute approximate surface area is 178 Å². The number of likely N-dealkylation sites (N-methyl/N-ethyl adjacent to an activating group) is 1. The van der Waals surface area contributed by atoms with Crippen molar-refractivity contribution in [2.24, 2.45) is 0 Å². The number of anilines is 1. The van der Waals surface area contributed by atoms with Crippen molar-refractivity contribution in [1.82, 2.24) is 9.88 Å². The molecule has 3 heterocycles. The van der Waals surface area contributed by atoms with Gasteiger partial charge >= 0.3 is 0 Å². The van der Waals surface area contributed by atoms with E-state index in [0.29, 0.717) is 30.8 Å². The summed E-state index contributed by atoms with van der Waals surface area (Å²) in [5.41, 5.74) is 2.07. The second-order valence-corrected chi connectivity index (χ2v) is 7.76. The van der Waals surface area contributed by atoms with Crippen molar-refractivity contribution in [3.63, 3.8) is 0 Å². The van der Waals surface area contributed by atoms with Crippen LogP contribution in [0.5, 0.6) is 0 Å². The van der Waals surface area contributed by atoms with Crippen molar-refractivity contribution in [2.45, 2.75) is 13.3 Å². The zero-order valence-electron chi connectivity index (χ0n) is 16.4. The molecule has 2 amide bonds. The Morgan fingerprint density at radius 2 is 1.87 bits per heavy atom. The largest absolute Gasteiger partial charge is 0.366 e. The fourth-order valence-electron chi connectivity index (χ4n) is 3.55. The Hall–Kier alpha value is -3.32. The van der Waals surface area contributed by atoms with Crippen molar-refractivity contribution in [3.05, 3.63) is 88.3 Å². The first kappa shape index (κ1) is 20.0. The molecule has 0 fully saturated rings. The number of hydrogen-bond acceptors (Lipinski definition) is 5. The lowest BCUT2D eigenvalue weighted by Gasteiger charge is -2.24. The van der Waals surface area contributed by atoms with Gasteiger partial charge in [0.1, 0.15) is 11.5 Å². The number of carbonyl (C=O) groups is 2. The van der Waals surface area contributed by atoms with Crippen LogP contribution in [0.2, 0.25) is 0 Å². The number of halogens is 1. The Morgan fingerprint density at radius 3 is 2.53 bits per heavy atom. The van der Waals surface area contributed by atoms with E-state index in [4.69, 9.17) is 0 Å². The second kappa shape index (κ2) is 8.59. The number of nitrogens with zero attached hydrogens (tertiary/aromatic N) is 3. The average Bonchev–Trinajstić information content (AvgIpc) is 3.36. The monoisotopic (exact) mass is 421 g/mol. The summed E-state index contributed by atoms with van der Waals surface area (Å²) in [6.07, 6.45) is 4.18. The van der Waals surface area contributed by atoms with Gasteiger partial charge in [-0.15, -0.1) is 11.3 Å². The minimum absolute atomic E-state index is 0.235. The number of carbonyl (C=O) groups excluding carboxylic acids is 2. The molecule has 30 heavy (non-hydrogen) atoms. The summed E-state index contributed by atoms with van der Waals surface area (Å²) >= 11 is 1.41. The summed E-state index contributed by atoms with van der Waals surface area (Å²) in [6, 6.07) is 13.1. The normalized spacial score (nSPS) is 14.0. The Bertz CT molecular complexity index is 1100. The fourth-order valence-corrected chi connectivity index (χ4v) is 4.31. The molecular formula is C23H20FN3O2S. The molecule has 1 aliphatic rings. The van der Waals surface area contributed by atoms with Gasteiger partial charge in [0.25, 0.3) is 11.8 Å². The summed E-state index contributed by atoms with van der Waals surface area (Å²) in [6.45, 7) is 3.08. The zero-order valence-corrected chi connectivity index (χ0v) is 17.2.